The number of benzene rings is 2. The van der Waals surface area contributed by atoms with E-state index in [-0.39, 0.29) is 12.4 Å². The molecule has 28 heavy (non-hydrogen) atoms. The number of rotatable bonds is 8. The summed E-state index contributed by atoms with van der Waals surface area (Å²) in [6.07, 6.45) is 1.42. The van der Waals surface area contributed by atoms with Gasteiger partial charge < -0.3 is 9.84 Å². The van der Waals surface area contributed by atoms with E-state index in [4.69, 9.17) is 4.74 Å². The van der Waals surface area contributed by atoms with E-state index in [1.807, 2.05) is 35.8 Å². The topological polar surface area (TPSA) is 60.2 Å². The van der Waals surface area contributed by atoms with Crippen molar-refractivity contribution < 1.29 is 14.2 Å². The van der Waals surface area contributed by atoms with Gasteiger partial charge in [0.05, 0.1) is 11.7 Å². The second-order valence-corrected chi connectivity index (χ2v) is 7.97. The molecule has 146 valence electrons. The first-order chi connectivity index (χ1) is 13.6. The van der Waals surface area contributed by atoms with Crippen LogP contribution >= 0.6 is 11.8 Å². The van der Waals surface area contributed by atoms with Crippen molar-refractivity contribution in [1.29, 1.82) is 0 Å². The second-order valence-electron chi connectivity index (χ2n) is 6.98. The first kappa shape index (κ1) is 19.0. The van der Waals surface area contributed by atoms with Gasteiger partial charge in [-0.25, -0.2) is 4.39 Å². The van der Waals surface area contributed by atoms with Crippen molar-refractivity contribution in [2.45, 2.75) is 37.1 Å². The van der Waals surface area contributed by atoms with Gasteiger partial charge in [0.25, 0.3) is 0 Å². The molecule has 4 rings (SSSR count). The SMILES string of the molecule is Cc1cccc(OC[C@@H](O)CSc2nnc(-c3ccccc3F)n2C2CC2)c1. The molecule has 1 fully saturated rings. The zero-order valence-corrected chi connectivity index (χ0v) is 16.4. The molecule has 1 heterocycles. The minimum Gasteiger partial charge on any atom is -0.491 e. The summed E-state index contributed by atoms with van der Waals surface area (Å²) < 4.78 is 21.9. The molecule has 1 saturated carbocycles. The summed E-state index contributed by atoms with van der Waals surface area (Å²) in [4.78, 5) is 0. The first-order valence-electron chi connectivity index (χ1n) is 9.32. The van der Waals surface area contributed by atoms with E-state index in [2.05, 4.69) is 10.2 Å². The Morgan fingerprint density at radius 3 is 2.79 bits per heavy atom. The van der Waals surface area contributed by atoms with Crippen LogP contribution in [0.1, 0.15) is 24.4 Å². The van der Waals surface area contributed by atoms with E-state index in [0.29, 0.717) is 28.3 Å². The highest BCUT2D eigenvalue weighted by Gasteiger charge is 2.31. The van der Waals surface area contributed by atoms with E-state index in [1.165, 1.54) is 17.8 Å². The molecule has 1 aromatic heterocycles. The summed E-state index contributed by atoms with van der Waals surface area (Å²) in [7, 11) is 0. The minimum absolute atomic E-state index is 0.203. The van der Waals surface area contributed by atoms with Gasteiger partial charge in [-0.15, -0.1) is 10.2 Å². The lowest BCUT2D eigenvalue weighted by Gasteiger charge is -2.13. The predicted molar refractivity (Wildman–Crippen MR) is 107 cm³/mol. The number of hydrogen-bond donors (Lipinski definition) is 1. The van der Waals surface area contributed by atoms with Crippen molar-refractivity contribution in [2.75, 3.05) is 12.4 Å². The molecule has 3 aromatic rings. The number of aliphatic hydroxyl groups is 1. The standard InChI is InChI=1S/C21H22FN3O2S/c1-14-5-4-6-17(11-14)27-12-16(26)13-28-21-24-23-20(25(21)15-9-10-15)18-7-2-3-8-19(18)22/h2-8,11,15-16,26H,9-10,12-13H2,1H3/t16-/m1/s1. The summed E-state index contributed by atoms with van der Waals surface area (Å²) in [5.74, 6) is 1.41. The predicted octanol–water partition coefficient (Wildman–Crippen LogP) is 4.26. The average molecular weight is 399 g/mol. The summed E-state index contributed by atoms with van der Waals surface area (Å²) in [6, 6.07) is 14.6. The molecular formula is C21H22FN3O2S. The number of aryl methyl sites for hydroxylation is 1. The highest BCUT2D eigenvalue weighted by atomic mass is 32.2. The summed E-state index contributed by atoms with van der Waals surface area (Å²) in [5.41, 5.74) is 1.57. The number of nitrogens with zero attached hydrogens (tertiary/aromatic N) is 3. The lowest BCUT2D eigenvalue weighted by molar-refractivity contribution is 0.126. The largest absolute Gasteiger partial charge is 0.491 e. The van der Waals surface area contributed by atoms with Gasteiger partial charge in [0.2, 0.25) is 0 Å². The van der Waals surface area contributed by atoms with Crippen LogP contribution in [0, 0.1) is 12.7 Å². The monoisotopic (exact) mass is 399 g/mol. The van der Waals surface area contributed by atoms with Crippen LogP contribution in [0.2, 0.25) is 0 Å². The van der Waals surface area contributed by atoms with Crippen LogP contribution in [0.4, 0.5) is 4.39 Å². The Kier molecular flexibility index (Phi) is 5.64. The molecule has 0 aliphatic heterocycles. The fraction of sp³-hybridized carbons (Fsp3) is 0.333. The van der Waals surface area contributed by atoms with Gasteiger partial charge in [-0.05, 0) is 49.6 Å². The normalized spacial score (nSPS) is 14.8. The van der Waals surface area contributed by atoms with Gasteiger partial charge in [-0.3, -0.25) is 4.57 Å². The third-order valence-electron chi connectivity index (χ3n) is 4.53. The van der Waals surface area contributed by atoms with Gasteiger partial charge >= 0.3 is 0 Å². The van der Waals surface area contributed by atoms with Crippen LogP contribution in [-0.2, 0) is 0 Å². The Morgan fingerprint density at radius 1 is 1.21 bits per heavy atom. The molecule has 0 radical (unpaired) electrons. The lowest BCUT2D eigenvalue weighted by atomic mass is 10.2. The summed E-state index contributed by atoms with van der Waals surface area (Å²) in [6.45, 7) is 2.20. The van der Waals surface area contributed by atoms with Gasteiger partial charge in [-0.2, -0.15) is 0 Å². The van der Waals surface area contributed by atoms with E-state index >= 15 is 0 Å². The van der Waals surface area contributed by atoms with Gasteiger partial charge in [0.15, 0.2) is 11.0 Å². The third kappa shape index (κ3) is 4.36. The summed E-state index contributed by atoms with van der Waals surface area (Å²) in [5, 5.41) is 19.5. The molecule has 7 heteroatoms. The van der Waals surface area contributed by atoms with E-state index in [9.17, 15) is 9.50 Å². The molecule has 1 N–H and O–H groups in total. The molecule has 5 nitrogen and oxygen atoms in total. The number of aliphatic hydroxyl groups excluding tert-OH is 1. The maximum Gasteiger partial charge on any atom is 0.191 e. The van der Waals surface area contributed by atoms with E-state index < -0.39 is 6.10 Å². The van der Waals surface area contributed by atoms with Crippen LogP contribution in [0.5, 0.6) is 5.75 Å². The smallest absolute Gasteiger partial charge is 0.191 e. The number of hydrogen-bond acceptors (Lipinski definition) is 5. The van der Waals surface area contributed by atoms with Gasteiger partial charge in [-0.1, -0.05) is 36.0 Å². The first-order valence-corrected chi connectivity index (χ1v) is 10.3. The van der Waals surface area contributed by atoms with Crippen LogP contribution in [0.15, 0.2) is 53.7 Å². The molecule has 0 unspecified atom stereocenters. The van der Waals surface area contributed by atoms with Gasteiger partial charge in [0, 0.05) is 11.8 Å². The molecule has 2 aromatic carbocycles. The zero-order valence-electron chi connectivity index (χ0n) is 15.6. The van der Waals surface area contributed by atoms with Crippen molar-refractivity contribution >= 4 is 11.8 Å². The molecule has 1 aliphatic carbocycles. The molecule has 1 aliphatic rings. The van der Waals surface area contributed by atoms with Crippen LogP contribution in [0.3, 0.4) is 0 Å². The lowest BCUT2D eigenvalue weighted by Crippen LogP contribution is -2.20. The van der Waals surface area contributed by atoms with E-state index in [0.717, 1.165) is 24.2 Å². The van der Waals surface area contributed by atoms with Crippen molar-refractivity contribution in [3.05, 3.63) is 59.9 Å². The maximum atomic E-state index is 14.2. The number of aromatic nitrogens is 3. The van der Waals surface area contributed by atoms with Gasteiger partial charge in [0.1, 0.15) is 18.2 Å². The molecular weight excluding hydrogens is 377 g/mol. The van der Waals surface area contributed by atoms with Crippen LogP contribution < -0.4 is 4.74 Å². The van der Waals surface area contributed by atoms with Crippen molar-refractivity contribution in [1.82, 2.24) is 14.8 Å². The molecule has 0 spiro atoms. The number of ether oxygens (including phenoxy) is 1. The average Bonchev–Trinajstić information content (AvgIpc) is 3.44. The second kappa shape index (κ2) is 8.32. The number of thioether (sulfide) groups is 1. The Morgan fingerprint density at radius 2 is 2.04 bits per heavy atom. The number of halogens is 1. The summed E-state index contributed by atoms with van der Waals surface area (Å²) >= 11 is 1.42. The molecule has 0 saturated heterocycles. The van der Waals surface area contributed by atoms with Crippen LogP contribution in [-0.4, -0.2) is 38.3 Å². The van der Waals surface area contributed by atoms with Crippen molar-refractivity contribution in [3.8, 4) is 17.1 Å². The highest BCUT2D eigenvalue weighted by molar-refractivity contribution is 7.99. The molecule has 0 amide bonds. The van der Waals surface area contributed by atoms with E-state index in [1.54, 1.807) is 18.2 Å². The Hall–Kier alpha value is -2.38. The third-order valence-corrected chi connectivity index (χ3v) is 5.62. The van der Waals surface area contributed by atoms with Crippen molar-refractivity contribution in [3.63, 3.8) is 0 Å². The fourth-order valence-corrected chi connectivity index (χ4v) is 3.89. The molecule has 1 atom stereocenters. The Bertz CT molecular complexity index is 958. The Balaban J connectivity index is 1.42. The maximum absolute atomic E-state index is 14.2. The fourth-order valence-electron chi connectivity index (χ4n) is 2.98. The molecule has 0 bridgehead atoms. The quantitative estimate of drug-likeness (QED) is 0.574. The van der Waals surface area contributed by atoms with Crippen LogP contribution in [0.25, 0.3) is 11.4 Å². The Labute approximate surface area is 167 Å². The minimum atomic E-state index is -0.647. The zero-order chi connectivity index (χ0) is 19.5. The van der Waals surface area contributed by atoms with Crippen molar-refractivity contribution in [2.24, 2.45) is 0 Å². The highest BCUT2D eigenvalue weighted by Crippen LogP contribution is 2.41.